The van der Waals surface area contributed by atoms with Crippen LogP contribution in [0.25, 0.3) is 17.3 Å². The number of hydrogen-bond acceptors (Lipinski definition) is 5. The highest BCUT2D eigenvalue weighted by atomic mass is 79.9. The van der Waals surface area contributed by atoms with E-state index in [2.05, 4.69) is 37.4 Å². The molecule has 2 aromatic carbocycles. The van der Waals surface area contributed by atoms with E-state index in [1.54, 1.807) is 4.68 Å². The molecule has 6 nitrogen and oxygen atoms in total. The van der Waals surface area contributed by atoms with Gasteiger partial charge in [0.2, 0.25) is 0 Å². The third-order valence-electron chi connectivity index (χ3n) is 4.56. The van der Waals surface area contributed by atoms with Crippen molar-refractivity contribution in [2.75, 3.05) is 0 Å². The maximum atomic E-state index is 12.5. The summed E-state index contributed by atoms with van der Waals surface area (Å²) in [5, 5.41) is 16.9. The Hall–Kier alpha value is -3.15. The van der Waals surface area contributed by atoms with Crippen LogP contribution in [0.3, 0.4) is 0 Å². The fourth-order valence-electron chi connectivity index (χ4n) is 3.01. The van der Waals surface area contributed by atoms with E-state index >= 15 is 0 Å². The minimum absolute atomic E-state index is 0.192. The third-order valence-corrected chi connectivity index (χ3v) is 6.00. The van der Waals surface area contributed by atoms with Gasteiger partial charge in [-0.1, -0.05) is 45.8 Å². The Morgan fingerprint density at radius 2 is 1.97 bits per heavy atom. The highest BCUT2D eigenvalue weighted by molar-refractivity contribution is 9.10. The van der Waals surface area contributed by atoms with E-state index < -0.39 is 0 Å². The normalized spacial score (nSPS) is 16.0. The fourth-order valence-corrected chi connectivity index (χ4v) is 4.11. The molecule has 1 aromatic heterocycles. The average Bonchev–Trinajstić information content (AvgIpc) is 3.32. The van der Waals surface area contributed by atoms with E-state index in [0.717, 1.165) is 32.5 Å². The summed E-state index contributed by atoms with van der Waals surface area (Å²) in [6.45, 7) is 2.51. The average molecular weight is 492 g/mol. The van der Waals surface area contributed by atoms with Crippen LogP contribution < -0.4 is 5.32 Å². The molecule has 0 atom stereocenters. The summed E-state index contributed by atoms with van der Waals surface area (Å²) in [5.41, 5.74) is 4.45. The summed E-state index contributed by atoms with van der Waals surface area (Å²) in [5.74, 6) is -0.192. The SMILES string of the molecule is Cc1ccc(N=C2NC(=O)C(=Cc3cn(CCC#N)nc3-c3ccc(Br)cc3)S2)cc1. The number of nitrogens with zero attached hydrogens (tertiary/aromatic N) is 4. The predicted molar refractivity (Wildman–Crippen MR) is 128 cm³/mol. The first-order valence-electron chi connectivity index (χ1n) is 9.58. The Morgan fingerprint density at radius 1 is 1.23 bits per heavy atom. The zero-order chi connectivity index (χ0) is 21.8. The molecule has 0 bridgehead atoms. The Kier molecular flexibility index (Phi) is 6.35. The van der Waals surface area contributed by atoms with Gasteiger partial charge in [0.1, 0.15) is 0 Å². The Morgan fingerprint density at radius 3 is 2.68 bits per heavy atom. The van der Waals surface area contributed by atoms with Crippen LogP contribution in [-0.2, 0) is 11.3 Å². The molecular weight excluding hydrogens is 474 g/mol. The van der Waals surface area contributed by atoms with Crippen LogP contribution in [0.4, 0.5) is 5.69 Å². The van der Waals surface area contributed by atoms with Crippen LogP contribution >= 0.6 is 27.7 Å². The van der Waals surface area contributed by atoms with Crippen molar-refractivity contribution in [3.63, 3.8) is 0 Å². The lowest BCUT2D eigenvalue weighted by atomic mass is 10.1. The van der Waals surface area contributed by atoms with Crippen molar-refractivity contribution in [1.29, 1.82) is 5.26 Å². The molecule has 2 heterocycles. The van der Waals surface area contributed by atoms with Gasteiger partial charge in [-0.25, -0.2) is 4.99 Å². The van der Waals surface area contributed by atoms with Gasteiger partial charge in [-0.05, 0) is 49.0 Å². The van der Waals surface area contributed by atoms with Crippen LogP contribution in [0, 0.1) is 18.3 Å². The molecule has 154 valence electrons. The molecule has 1 fully saturated rings. The molecule has 3 aromatic rings. The van der Waals surface area contributed by atoms with Gasteiger partial charge in [0.15, 0.2) is 5.17 Å². The largest absolute Gasteiger partial charge is 0.300 e. The number of nitrogens with one attached hydrogen (secondary N) is 1. The monoisotopic (exact) mass is 491 g/mol. The van der Waals surface area contributed by atoms with Crippen LogP contribution in [0.5, 0.6) is 0 Å². The summed E-state index contributed by atoms with van der Waals surface area (Å²) in [7, 11) is 0. The highest BCUT2D eigenvalue weighted by Gasteiger charge is 2.25. The first-order chi connectivity index (χ1) is 15.0. The zero-order valence-corrected chi connectivity index (χ0v) is 19.1. The van der Waals surface area contributed by atoms with Crippen molar-refractivity contribution >= 4 is 50.5 Å². The van der Waals surface area contributed by atoms with Crippen LogP contribution in [-0.4, -0.2) is 20.9 Å². The van der Waals surface area contributed by atoms with E-state index in [1.807, 2.05) is 67.7 Å². The Balaban J connectivity index is 1.66. The Bertz CT molecular complexity index is 1220. The number of aliphatic imine (C=N–C) groups is 1. The van der Waals surface area contributed by atoms with Crippen LogP contribution in [0.2, 0.25) is 0 Å². The van der Waals surface area contributed by atoms with Crippen molar-refractivity contribution in [3.05, 3.63) is 75.2 Å². The fraction of sp³-hybridized carbons (Fsp3) is 0.130. The number of aromatic nitrogens is 2. The highest BCUT2D eigenvalue weighted by Crippen LogP contribution is 2.31. The van der Waals surface area contributed by atoms with Gasteiger partial charge in [0, 0.05) is 21.8 Å². The van der Waals surface area contributed by atoms with E-state index in [0.29, 0.717) is 23.0 Å². The molecule has 31 heavy (non-hydrogen) atoms. The minimum atomic E-state index is -0.192. The number of hydrogen-bond donors (Lipinski definition) is 1. The smallest absolute Gasteiger partial charge is 0.264 e. The number of amides is 1. The standard InChI is InChI=1S/C23H18BrN5OS/c1-15-3-9-19(10-4-15)26-23-27-22(30)20(31-23)13-17-14-29(12-2-11-25)28-21(17)16-5-7-18(24)8-6-16/h3-10,13-14H,2,12H2,1H3,(H,26,27,30). The molecule has 1 aliphatic heterocycles. The van der Waals surface area contributed by atoms with Crippen molar-refractivity contribution in [3.8, 4) is 17.3 Å². The number of benzene rings is 2. The number of aryl methyl sites for hydroxylation is 2. The topological polar surface area (TPSA) is 83.1 Å². The molecule has 1 aliphatic rings. The van der Waals surface area contributed by atoms with Gasteiger partial charge in [-0.2, -0.15) is 10.4 Å². The molecule has 8 heteroatoms. The van der Waals surface area contributed by atoms with Crippen molar-refractivity contribution in [1.82, 2.24) is 15.1 Å². The molecule has 1 amide bonds. The summed E-state index contributed by atoms with van der Waals surface area (Å²) >= 11 is 4.75. The summed E-state index contributed by atoms with van der Waals surface area (Å²) in [6.07, 6.45) is 4.05. The molecule has 0 radical (unpaired) electrons. The molecule has 0 unspecified atom stereocenters. The van der Waals surface area contributed by atoms with E-state index in [4.69, 9.17) is 5.26 Å². The first kappa shape index (κ1) is 21.1. The van der Waals surface area contributed by atoms with E-state index in [9.17, 15) is 4.79 Å². The maximum Gasteiger partial charge on any atom is 0.264 e. The first-order valence-corrected chi connectivity index (χ1v) is 11.2. The molecule has 0 spiro atoms. The second-order valence-corrected chi connectivity index (χ2v) is 8.87. The summed E-state index contributed by atoms with van der Waals surface area (Å²) < 4.78 is 2.72. The second kappa shape index (κ2) is 9.33. The van der Waals surface area contributed by atoms with Crippen molar-refractivity contribution in [2.24, 2.45) is 4.99 Å². The van der Waals surface area contributed by atoms with Gasteiger partial charge in [-0.15, -0.1) is 0 Å². The Labute approximate surface area is 192 Å². The van der Waals surface area contributed by atoms with Gasteiger partial charge in [0.25, 0.3) is 5.91 Å². The molecule has 0 aliphatic carbocycles. The van der Waals surface area contributed by atoms with Crippen LogP contribution in [0.1, 0.15) is 17.5 Å². The lowest BCUT2D eigenvalue weighted by Gasteiger charge is -2.00. The zero-order valence-electron chi connectivity index (χ0n) is 16.7. The van der Waals surface area contributed by atoms with Crippen LogP contribution in [0.15, 0.2) is 69.1 Å². The lowest BCUT2D eigenvalue weighted by molar-refractivity contribution is -0.115. The molecule has 1 saturated heterocycles. The van der Waals surface area contributed by atoms with Gasteiger partial charge < -0.3 is 5.32 Å². The van der Waals surface area contributed by atoms with E-state index in [-0.39, 0.29) is 5.91 Å². The number of carbonyl (C=O) groups excluding carboxylic acids is 1. The molecular formula is C23H18BrN5OS. The number of amidine groups is 1. The van der Waals surface area contributed by atoms with E-state index in [1.165, 1.54) is 11.8 Å². The van der Waals surface area contributed by atoms with Gasteiger partial charge in [-0.3, -0.25) is 9.48 Å². The molecule has 1 N–H and O–H groups in total. The van der Waals surface area contributed by atoms with Crippen molar-refractivity contribution < 1.29 is 4.79 Å². The third kappa shape index (κ3) is 5.13. The van der Waals surface area contributed by atoms with Gasteiger partial charge >= 0.3 is 0 Å². The summed E-state index contributed by atoms with van der Waals surface area (Å²) in [6, 6.07) is 17.8. The number of nitriles is 1. The predicted octanol–water partition coefficient (Wildman–Crippen LogP) is 5.43. The minimum Gasteiger partial charge on any atom is -0.300 e. The maximum absolute atomic E-state index is 12.5. The van der Waals surface area contributed by atoms with Crippen molar-refractivity contribution in [2.45, 2.75) is 19.9 Å². The summed E-state index contributed by atoms with van der Waals surface area (Å²) in [4.78, 5) is 17.6. The molecule has 4 rings (SSSR count). The molecule has 0 saturated carbocycles. The number of halogens is 1. The number of thioether (sulfide) groups is 1. The van der Waals surface area contributed by atoms with Gasteiger partial charge in [0.05, 0.1) is 35.3 Å². The quantitative estimate of drug-likeness (QED) is 0.482. The number of carbonyl (C=O) groups is 1. The lowest BCUT2D eigenvalue weighted by Crippen LogP contribution is -2.19. The number of rotatable bonds is 5. The second-order valence-electron chi connectivity index (χ2n) is 6.93.